The van der Waals surface area contributed by atoms with Gasteiger partial charge in [-0.2, -0.15) is 0 Å². The number of aromatic nitrogens is 3. The van der Waals surface area contributed by atoms with Gasteiger partial charge in [0.2, 0.25) is 5.91 Å². The molecule has 1 N–H and O–H groups in total. The van der Waals surface area contributed by atoms with Crippen LogP contribution in [-0.2, 0) is 11.3 Å². The zero-order valence-electron chi connectivity index (χ0n) is 17.6. The Morgan fingerprint density at radius 1 is 1.13 bits per heavy atom. The molecule has 30 heavy (non-hydrogen) atoms. The van der Waals surface area contributed by atoms with E-state index >= 15 is 0 Å². The predicted molar refractivity (Wildman–Crippen MR) is 118 cm³/mol. The zero-order chi connectivity index (χ0) is 21.5. The van der Waals surface area contributed by atoms with Gasteiger partial charge in [0.1, 0.15) is 0 Å². The van der Waals surface area contributed by atoms with Gasteiger partial charge in [0, 0.05) is 12.2 Å². The van der Waals surface area contributed by atoms with Crippen LogP contribution < -0.4 is 14.8 Å². The van der Waals surface area contributed by atoms with Crippen molar-refractivity contribution in [2.45, 2.75) is 38.6 Å². The minimum Gasteiger partial charge on any atom is -0.493 e. The summed E-state index contributed by atoms with van der Waals surface area (Å²) in [7, 11) is 1.61. The fourth-order valence-electron chi connectivity index (χ4n) is 2.99. The maximum atomic E-state index is 12.4. The summed E-state index contributed by atoms with van der Waals surface area (Å²) in [4.78, 5) is 12.4. The number of hydrogen-bond acceptors (Lipinski definition) is 6. The number of ether oxygens (including phenoxy) is 2. The van der Waals surface area contributed by atoms with Crippen molar-refractivity contribution in [3.05, 3.63) is 59.9 Å². The first-order valence-electron chi connectivity index (χ1n) is 9.74. The van der Waals surface area contributed by atoms with E-state index in [-0.39, 0.29) is 17.8 Å². The lowest BCUT2D eigenvalue weighted by molar-refractivity contribution is -0.113. The number of carbonyl (C=O) groups is 1. The molecule has 158 valence electrons. The van der Waals surface area contributed by atoms with Crippen LogP contribution in [0.3, 0.4) is 0 Å². The van der Waals surface area contributed by atoms with Gasteiger partial charge in [-0.1, -0.05) is 42.1 Å². The number of nitrogens with one attached hydrogen (secondary N) is 1. The fourth-order valence-corrected chi connectivity index (χ4v) is 3.80. The number of amides is 1. The number of methoxy groups -OCH3 is 1. The first-order valence-corrected chi connectivity index (χ1v) is 10.7. The molecular formula is C22H26N4O3S. The Kier molecular flexibility index (Phi) is 7.35. The van der Waals surface area contributed by atoms with Gasteiger partial charge in [-0.3, -0.25) is 4.79 Å². The number of hydrogen-bond donors (Lipinski definition) is 1. The van der Waals surface area contributed by atoms with Crippen molar-refractivity contribution in [2.75, 3.05) is 18.2 Å². The second kappa shape index (κ2) is 10.2. The van der Waals surface area contributed by atoms with E-state index in [1.54, 1.807) is 7.11 Å². The molecule has 0 fully saturated rings. The van der Waals surface area contributed by atoms with Gasteiger partial charge in [-0.15, -0.1) is 10.2 Å². The summed E-state index contributed by atoms with van der Waals surface area (Å²) < 4.78 is 13.4. The zero-order valence-corrected chi connectivity index (χ0v) is 18.4. The van der Waals surface area contributed by atoms with Crippen LogP contribution in [0.1, 0.15) is 31.3 Å². The molecule has 2 aromatic carbocycles. The normalized spacial score (nSPS) is 11.7. The van der Waals surface area contributed by atoms with Gasteiger partial charge in [0.15, 0.2) is 28.6 Å². The maximum Gasteiger partial charge on any atom is 0.234 e. The lowest BCUT2D eigenvalue weighted by Crippen LogP contribution is -2.16. The Morgan fingerprint density at radius 2 is 1.83 bits per heavy atom. The molecule has 1 amide bonds. The molecule has 7 nitrogen and oxygen atoms in total. The van der Waals surface area contributed by atoms with Crippen LogP contribution in [0.4, 0.5) is 5.69 Å². The average molecular weight is 427 g/mol. The van der Waals surface area contributed by atoms with E-state index in [1.807, 2.05) is 73.9 Å². The van der Waals surface area contributed by atoms with Crippen molar-refractivity contribution in [2.24, 2.45) is 0 Å². The number of anilines is 1. The number of carbonyl (C=O) groups excluding carboxylic acids is 1. The Labute approximate surface area is 180 Å². The SMILES string of the molecule is CCn1c(SCC(=O)Nc2ccccc2C)nnc1C(C)Oc1ccccc1OC. The molecule has 0 spiro atoms. The minimum absolute atomic E-state index is 0.0835. The Hall–Kier alpha value is -3.00. The van der Waals surface area contributed by atoms with Crippen LogP contribution in [0.15, 0.2) is 53.7 Å². The van der Waals surface area contributed by atoms with Crippen LogP contribution in [-0.4, -0.2) is 33.5 Å². The van der Waals surface area contributed by atoms with E-state index in [2.05, 4.69) is 15.5 Å². The van der Waals surface area contributed by atoms with E-state index in [1.165, 1.54) is 11.8 Å². The van der Waals surface area contributed by atoms with Crippen LogP contribution in [0.2, 0.25) is 0 Å². The van der Waals surface area contributed by atoms with Crippen molar-refractivity contribution < 1.29 is 14.3 Å². The molecule has 0 bridgehead atoms. The molecule has 8 heteroatoms. The minimum atomic E-state index is -0.330. The van der Waals surface area contributed by atoms with Crippen molar-refractivity contribution in [1.29, 1.82) is 0 Å². The molecule has 1 atom stereocenters. The number of aryl methyl sites for hydroxylation is 1. The molecule has 1 aromatic heterocycles. The van der Waals surface area contributed by atoms with Crippen LogP contribution >= 0.6 is 11.8 Å². The standard InChI is InChI=1S/C22H26N4O3S/c1-5-26-21(16(3)29-19-13-9-8-12-18(19)28-4)24-25-22(26)30-14-20(27)23-17-11-7-6-10-15(17)2/h6-13,16H,5,14H2,1-4H3,(H,23,27). The molecular weight excluding hydrogens is 400 g/mol. The van der Waals surface area contributed by atoms with Gasteiger partial charge in [0.05, 0.1) is 12.9 Å². The second-order valence-corrected chi connectivity index (χ2v) is 7.59. The van der Waals surface area contributed by atoms with Gasteiger partial charge < -0.3 is 19.4 Å². The molecule has 3 aromatic rings. The van der Waals surface area contributed by atoms with E-state index < -0.39 is 0 Å². The molecule has 3 rings (SSSR count). The molecule has 0 saturated carbocycles. The van der Waals surface area contributed by atoms with Gasteiger partial charge in [-0.05, 0) is 44.5 Å². The number of para-hydroxylation sites is 3. The van der Waals surface area contributed by atoms with Crippen LogP contribution in [0.5, 0.6) is 11.5 Å². The summed E-state index contributed by atoms with van der Waals surface area (Å²) >= 11 is 1.35. The molecule has 0 aliphatic heterocycles. The van der Waals surface area contributed by atoms with Crippen LogP contribution in [0, 0.1) is 6.92 Å². The smallest absolute Gasteiger partial charge is 0.234 e. The number of thioether (sulfide) groups is 1. The lowest BCUT2D eigenvalue weighted by Gasteiger charge is -2.17. The van der Waals surface area contributed by atoms with Crippen molar-refractivity contribution in [3.8, 4) is 11.5 Å². The highest BCUT2D eigenvalue weighted by Crippen LogP contribution is 2.31. The van der Waals surface area contributed by atoms with Crippen LogP contribution in [0.25, 0.3) is 0 Å². The second-order valence-electron chi connectivity index (χ2n) is 6.65. The summed E-state index contributed by atoms with van der Waals surface area (Å²) in [6, 6.07) is 15.2. The topological polar surface area (TPSA) is 78.3 Å². The van der Waals surface area contributed by atoms with Gasteiger partial charge >= 0.3 is 0 Å². The van der Waals surface area contributed by atoms with E-state index in [4.69, 9.17) is 9.47 Å². The molecule has 1 unspecified atom stereocenters. The summed E-state index contributed by atoms with van der Waals surface area (Å²) in [5.41, 5.74) is 1.84. The Bertz CT molecular complexity index is 1010. The van der Waals surface area contributed by atoms with Crippen molar-refractivity contribution >= 4 is 23.4 Å². The summed E-state index contributed by atoms with van der Waals surface area (Å²) in [5.74, 6) is 2.16. The quantitative estimate of drug-likeness (QED) is 0.508. The Balaban J connectivity index is 1.66. The molecule has 1 heterocycles. The van der Waals surface area contributed by atoms with E-state index in [0.29, 0.717) is 29.0 Å². The highest BCUT2D eigenvalue weighted by Gasteiger charge is 2.20. The third-order valence-electron chi connectivity index (χ3n) is 4.55. The van der Waals surface area contributed by atoms with Gasteiger partial charge in [-0.25, -0.2) is 0 Å². The summed E-state index contributed by atoms with van der Waals surface area (Å²) in [5, 5.41) is 12.2. The highest BCUT2D eigenvalue weighted by atomic mass is 32.2. The third kappa shape index (κ3) is 5.13. The maximum absolute atomic E-state index is 12.4. The third-order valence-corrected chi connectivity index (χ3v) is 5.52. The first kappa shape index (κ1) is 21.7. The summed E-state index contributed by atoms with van der Waals surface area (Å²) in [6.07, 6.45) is -0.330. The summed E-state index contributed by atoms with van der Waals surface area (Å²) in [6.45, 7) is 6.57. The van der Waals surface area contributed by atoms with E-state index in [0.717, 1.165) is 11.3 Å². The highest BCUT2D eigenvalue weighted by molar-refractivity contribution is 7.99. The number of rotatable bonds is 9. The predicted octanol–water partition coefficient (Wildman–Crippen LogP) is 4.49. The lowest BCUT2D eigenvalue weighted by atomic mass is 10.2. The largest absolute Gasteiger partial charge is 0.493 e. The molecule has 0 aliphatic carbocycles. The van der Waals surface area contributed by atoms with E-state index in [9.17, 15) is 4.79 Å². The molecule has 0 aliphatic rings. The van der Waals surface area contributed by atoms with Crippen molar-refractivity contribution in [3.63, 3.8) is 0 Å². The fraction of sp³-hybridized carbons (Fsp3) is 0.318. The van der Waals surface area contributed by atoms with Crippen molar-refractivity contribution in [1.82, 2.24) is 14.8 Å². The van der Waals surface area contributed by atoms with Gasteiger partial charge in [0.25, 0.3) is 0 Å². The number of nitrogens with zero attached hydrogens (tertiary/aromatic N) is 3. The monoisotopic (exact) mass is 426 g/mol. The average Bonchev–Trinajstić information content (AvgIpc) is 3.17. The molecule has 0 saturated heterocycles. The Morgan fingerprint density at radius 3 is 2.53 bits per heavy atom. The first-order chi connectivity index (χ1) is 14.5. The molecule has 0 radical (unpaired) electrons. The number of benzene rings is 2.